The molecule has 35 heavy (non-hydrogen) atoms. The molecule has 166 valence electrons. The summed E-state index contributed by atoms with van der Waals surface area (Å²) >= 11 is 1.70. The Morgan fingerprint density at radius 2 is 1.34 bits per heavy atom. The van der Waals surface area contributed by atoms with Crippen LogP contribution in [0.4, 0.5) is 0 Å². The lowest BCUT2D eigenvalue weighted by Gasteiger charge is -2.10. The molecule has 0 atom stereocenters. The van der Waals surface area contributed by atoms with E-state index in [0.29, 0.717) is 5.46 Å². The van der Waals surface area contributed by atoms with Crippen molar-refractivity contribution in [1.29, 1.82) is 0 Å². The zero-order valence-electron chi connectivity index (χ0n) is 18.7. The quantitative estimate of drug-likeness (QED) is 0.290. The number of aromatic nitrogens is 1. The van der Waals surface area contributed by atoms with Crippen molar-refractivity contribution in [2.75, 3.05) is 0 Å². The Kier molecular flexibility index (Phi) is 4.58. The van der Waals surface area contributed by atoms with Crippen molar-refractivity contribution in [2.45, 2.75) is 0 Å². The molecule has 2 aromatic heterocycles. The van der Waals surface area contributed by atoms with Crippen LogP contribution in [-0.2, 0) is 0 Å². The monoisotopic (exact) mass is 469 g/mol. The van der Waals surface area contributed by atoms with Gasteiger partial charge in [0.15, 0.2) is 0 Å². The summed E-state index contributed by atoms with van der Waals surface area (Å²) in [5.74, 6) is 0. The van der Waals surface area contributed by atoms with Crippen molar-refractivity contribution in [3.63, 3.8) is 0 Å². The summed E-state index contributed by atoms with van der Waals surface area (Å²) in [6.07, 6.45) is 0. The first-order chi connectivity index (χ1) is 17.2. The van der Waals surface area contributed by atoms with E-state index in [9.17, 15) is 10.0 Å². The minimum absolute atomic E-state index is 0.544. The molecule has 0 saturated heterocycles. The summed E-state index contributed by atoms with van der Waals surface area (Å²) in [5.41, 5.74) is 6.24. The highest BCUT2D eigenvalue weighted by atomic mass is 32.1. The van der Waals surface area contributed by atoms with E-state index in [0.717, 1.165) is 42.5 Å². The first-order valence-electron chi connectivity index (χ1n) is 11.6. The van der Waals surface area contributed by atoms with E-state index in [-0.39, 0.29) is 0 Å². The Hall–Kier alpha value is -3.90. The lowest BCUT2D eigenvalue weighted by molar-refractivity contribution is 0.426. The maximum atomic E-state index is 10.1. The van der Waals surface area contributed by atoms with Crippen LogP contribution in [-0.4, -0.2) is 21.7 Å². The van der Waals surface area contributed by atoms with Crippen LogP contribution in [0.25, 0.3) is 58.8 Å². The number of para-hydroxylation sites is 2. The first kappa shape index (κ1) is 20.5. The SMILES string of the molecule is OB(O)c1ccc(-c2ccc3c(c2)c2ccccc2n3-c2ccccc2)c2sc3ccccc3c12. The Balaban J connectivity index is 1.54. The van der Waals surface area contributed by atoms with Gasteiger partial charge in [-0.2, -0.15) is 0 Å². The molecule has 0 amide bonds. The van der Waals surface area contributed by atoms with Crippen LogP contribution >= 0.6 is 11.3 Å². The third-order valence-electron chi connectivity index (χ3n) is 6.83. The molecule has 0 spiro atoms. The lowest BCUT2D eigenvalue weighted by Crippen LogP contribution is -2.30. The molecule has 0 aliphatic rings. The maximum absolute atomic E-state index is 10.1. The van der Waals surface area contributed by atoms with Crippen LogP contribution in [0.2, 0.25) is 0 Å². The van der Waals surface area contributed by atoms with Crippen LogP contribution < -0.4 is 5.46 Å². The van der Waals surface area contributed by atoms with Gasteiger partial charge in [0, 0.05) is 31.2 Å². The van der Waals surface area contributed by atoms with Gasteiger partial charge in [-0.3, -0.25) is 0 Å². The minimum Gasteiger partial charge on any atom is -0.423 e. The van der Waals surface area contributed by atoms with Gasteiger partial charge in [0.2, 0.25) is 0 Å². The third kappa shape index (κ3) is 3.06. The number of hydrogen-bond donors (Lipinski definition) is 2. The molecule has 2 N–H and O–H groups in total. The molecule has 0 saturated carbocycles. The summed E-state index contributed by atoms with van der Waals surface area (Å²) in [6, 6.07) is 37.7. The number of nitrogens with zero attached hydrogens (tertiary/aromatic N) is 1. The molecule has 3 nitrogen and oxygen atoms in total. The van der Waals surface area contributed by atoms with E-state index < -0.39 is 7.12 Å². The molecule has 0 unspecified atom stereocenters. The van der Waals surface area contributed by atoms with Gasteiger partial charge in [0.05, 0.1) is 11.0 Å². The first-order valence-corrected chi connectivity index (χ1v) is 12.4. The smallest absolute Gasteiger partial charge is 0.423 e. The Labute approximate surface area is 206 Å². The molecule has 5 aromatic carbocycles. The van der Waals surface area contributed by atoms with E-state index >= 15 is 0 Å². The summed E-state index contributed by atoms with van der Waals surface area (Å²) in [6.45, 7) is 0. The Morgan fingerprint density at radius 1 is 0.629 bits per heavy atom. The number of fused-ring (bicyclic) bond motifs is 6. The van der Waals surface area contributed by atoms with Crippen molar-refractivity contribution in [3.8, 4) is 16.8 Å². The Morgan fingerprint density at radius 3 is 2.17 bits per heavy atom. The highest BCUT2D eigenvalue weighted by Crippen LogP contribution is 2.41. The number of rotatable bonds is 3. The van der Waals surface area contributed by atoms with Crippen molar-refractivity contribution in [2.24, 2.45) is 0 Å². The Bertz CT molecular complexity index is 1890. The zero-order chi connectivity index (χ0) is 23.5. The molecule has 2 heterocycles. The van der Waals surface area contributed by atoms with E-state index in [1.807, 2.05) is 30.3 Å². The van der Waals surface area contributed by atoms with Gasteiger partial charge in [-0.05, 0) is 58.4 Å². The normalized spacial score (nSPS) is 11.7. The van der Waals surface area contributed by atoms with E-state index in [4.69, 9.17) is 0 Å². The molecule has 0 fully saturated rings. The van der Waals surface area contributed by atoms with Crippen molar-refractivity contribution in [1.82, 2.24) is 4.57 Å². The van der Waals surface area contributed by atoms with Gasteiger partial charge in [0.25, 0.3) is 0 Å². The predicted molar refractivity (Wildman–Crippen MR) is 149 cm³/mol. The minimum atomic E-state index is -1.52. The molecular formula is C30H20BNO2S. The van der Waals surface area contributed by atoms with E-state index in [1.54, 1.807) is 11.3 Å². The molecule has 0 radical (unpaired) electrons. The molecule has 5 heteroatoms. The second-order valence-corrected chi connectivity index (χ2v) is 9.85. The van der Waals surface area contributed by atoms with Crippen molar-refractivity contribution >= 4 is 65.9 Å². The molecule has 0 bridgehead atoms. The van der Waals surface area contributed by atoms with Gasteiger partial charge in [-0.1, -0.05) is 72.8 Å². The van der Waals surface area contributed by atoms with E-state index in [2.05, 4.69) is 83.4 Å². The topological polar surface area (TPSA) is 45.4 Å². The molecule has 0 aliphatic heterocycles. The average molecular weight is 469 g/mol. The molecule has 0 aliphatic carbocycles. The summed E-state index contributed by atoms with van der Waals surface area (Å²) in [5, 5.41) is 24.6. The van der Waals surface area contributed by atoms with Gasteiger partial charge in [-0.25, -0.2) is 0 Å². The fourth-order valence-corrected chi connectivity index (χ4v) is 6.56. The fourth-order valence-electron chi connectivity index (χ4n) is 5.29. The lowest BCUT2D eigenvalue weighted by atomic mass is 9.76. The molecule has 7 aromatic rings. The van der Waals surface area contributed by atoms with Crippen molar-refractivity contribution in [3.05, 3.63) is 109 Å². The van der Waals surface area contributed by atoms with Crippen molar-refractivity contribution < 1.29 is 10.0 Å². The standard InChI is InChI=1S/C30H20BNO2S/c33-31(34)25-16-15-21(30-29(25)23-11-5-7-13-28(23)35-30)19-14-17-27-24(18-19)22-10-4-6-12-26(22)32(27)20-8-2-1-3-9-20/h1-18,33-34H. The zero-order valence-corrected chi connectivity index (χ0v) is 19.5. The summed E-state index contributed by atoms with van der Waals surface area (Å²) in [7, 11) is -1.52. The summed E-state index contributed by atoms with van der Waals surface area (Å²) in [4.78, 5) is 0. The fraction of sp³-hybridized carbons (Fsp3) is 0. The van der Waals surface area contributed by atoms with Gasteiger partial charge >= 0.3 is 7.12 Å². The van der Waals surface area contributed by atoms with Crippen LogP contribution in [0.1, 0.15) is 0 Å². The van der Waals surface area contributed by atoms with Gasteiger partial charge in [-0.15, -0.1) is 11.3 Å². The number of benzene rings is 5. The molecular weight excluding hydrogens is 449 g/mol. The van der Waals surface area contributed by atoms with Crippen LogP contribution in [0.15, 0.2) is 109 Å². The van der Waals surface area contributed by atoms with Crippen LogP contribution in [0.3, 0.4) is 0 Å². The second kappa shape index (κ2) is 7.82. The highest BCUT2D eigenvalue weighted by molar-refractivity contribution is 7.26. The maximum Gasteiger partial charge on any atom is 0.489 e. The predicted octanol–water partition coefficient (Wildman–Crippen LogP) is 6.50. The third-order valence-corrected chi connectivity index (χ3v) is 8.04. The second-order valence-electron chi connectivity index (χ2n) is 8.80. The number of hydrogen-bond acceptors (Lipinski definition) is 3. The van der Waals surface area contributed by atoms with Gasteiger partial charge in [0.1, 0.15) is 0 Å². The van der Waals surface area contributed by atoms with Gasteiger partial charge < -0.3 is 14.6 Å². The largest absolute Gasteiger partial charge is 0.489 e. The average Bonchev–Trinajstić information content (AvgIpc) is 3.44. The summed E-state index contributed by atoms with van der Waals surface area (Å²) < 4.78 is 4.52. The number of thiophene rings is 1. The highest BCUT2D eigenvalue weighted by Gasteiger charge is 2.21. The van der Waals surface area contributed by atoms with Crippen LogP contribution in [0.5, 0.6) is 0 Å². The van der Waals surface area contributed by atoms with Crippen LogP contribution in [0, 0.1) is 0 Å². The molecule has 7 rings (SSSR count). The van der Waals surface area contributed by atoms with E-state index in [1.165, 1.54) is 16.3 Å².